The molecule has 2 fully saturated rings. The van der Waals surface area contributed by atoms with Crippen molar-refractivity contribution in [2.45, 2.75) is 45.4 Å². The van der Waals surface area contributed by atoms with Crippen LogP contribution in [0.25, 0.3) is 0 Å². The van der Waals surface area contributed by atoms with Crippen molar-refractivity contribution in [2.75, 3.05) is 26.2 Å². The van der Waals surface area contributed by atoms with Gasteiger partial charge in [-0.05, 0) is 50.0 Å². The van der Waals surface area contributed by atoms with E-state index in [0.717, 1.165) is 24.3 Å². The summed E-state index contributed by atoms with van der Waals surface area (Å²) in [7, 11) is 0. The van der Waals surface area contributed by atoms with Crippen LogP contribution in [0.5, 0.6) is 0 Å². The predicted molar refractivity (Wildman–Crippen MR) is 67.4 cm³/mol. The Morgan fingerprint density at radius 1 is 1.19 bits per heavy atom. The fourth-order valence-electron chi connectivity index (χ4n) is 3.75. The highest BCUT2D eigenvalue weighted by Crippen LogP contribution is 2.48. The molecule has 2 bridgehead atoms. The first kappa shape index (κ1) is 12.4. The molecule has 0 heterocycles. The number of hydrogen-bond donors (Lipinski definition) is 1. The van der Waals surface area contributed by atoms with E-state index in [1.807, 2.05) is 0 Å². The number of rotatable bonds is 7. The highest BCUT2D eigenvalue weighted by molar-refractivity contribution is 4.91. The zero-order chi connectivity index (χ0) is 11.4. The van der Waals surface area contributed by atoms with Crippen LogP contribution in [0.15, 0.2) is 0 Å². The van der Waals surface area contributed by atoms with Crippen molar-refractivity contribution in [3.63, 3.8) is 0 Å². The van der Waals surface area contributed by atoms with E-state index in [0.29, 0.717) is 6.61 Å². The normalized spacial score (nSPS) is 32.8. The largest absolute Gasteiger partial charge is 0.395 e. The molecule has 0 radical (unpaired) electrons. The number of hydrogen-bond acceptors (Lipinski definition) is 2. The molecule has 2 nitrogen and oxygen atoms in total. The molecule has 0 amide bonds. The third-order valence-electron chi connectivity index (χ3n) is 4.62. The maximum absolute atomic E-state index is 9.10. The second-order valence-electron chi connectivity index (χ2n) is 5.81. The highest BCUT2D eigenvalue weighted by Gasteiger charge is 2.39. The van der Waals surface area contributed by atoms with Gasteiger partial charge in [0.25, 0.3) is 0 Å². The summed E-state index contributed by atoms with van der Waals surface area (Å²) in [5, 5.41) is 9.10. The summed E-state index contributed by atoms with van der Waals surface area (Å²) in [4.78, 5) is 2.49. The SMILES string of the molecule is CCCCN(CCO)CC1CC2CCC1C2. The molecule has 2 heteroatoms. The van der Waals surface area contributed by atoms with E-state index in [1.165, 1.54) is 51.6 Å². The van der Waals surface area contributed by atoms with Crippen LogP contribution in [0.1, 0.15) is 45.4 Å². The Morgan fingerprint density at radius 3 is 2.62 bits per heavy atom. The molecule has 16 heavy (non-hydrogen) atoms. The number of unbranched alkanes of at least 4 members (excludes halogenated alkanes) is 1. The molecule has 0 saturated heterocycles. The fourth-order valence-corrected chi connectivity index (χ4v) is 3.75. The van der Waals surface area contributed by atoms with Crippen molar-refractivity contribution < 1.29 is 5.11 Å². The van der Waals surface area contributed by atoms with E-state index in [-0.39, 0.29) is 0 Å². The Labute approximate surface area is 100 Å². The van der Waals surface area contributed by atoms with Gasteiger partial charge in [0.2, 0.25) is 0 Å². The summed E-state index contributed by atoms with van der Waals surface area (Å²) in [6.45, 7) is 5.89. The molecule has 3 atom stereocenters. The molecule has 2 aliphatic rings. The zero-order valence-electron chi connectivity index (χ0n) is 10.7. The average Bonchev–Trinajstić information content (AvgIpc) is 2.88. The predicted octanol–water partition coefficient (Wildman–Crippen LogP) is 2.52. The molecule has 0 aromatic heterocycles. The lowest BCUT2D eigenvalue weighted by Gasteiger charge is -2.29. The Hall–Kier alpha value is -0.0800. The van der Waals surface area contributed by atoms with Gasteiger partial charge in [0.15, 0.2) is 0 Å². The molecule has 0 aromatic rings. The van der Waals surface area contributed by atoms with Crippen molar-refractivity contribution in [2.24, 2.45) is 17.8 Å². The first-order valence-electron chi connectivity index (χ1n) is 7.16. The smallest absolute Gasteiger partial charge is 0.0558 e. The maximum atomic E-state index is 9.10. The Kier molecular flexibility index (Phi) is 4.66. The molecule has 94 valence electrons. The Balaban J connectivity index is 1.76. The molecule has 1 N–H and O–H groups in total. The summed E-state index contributed by atoms with van der Waals surface area (Å²) in [5.74, 6) is 3.02. The van der Waals surface area contributed by atoms with Crippen molar-refractivity contribution in [3.05, 3.63) is 0 Å². The summed E-state index contributed by atoms with van der Waals surface area (Å²) in [6.07, 6.45) is 8.50. The van der Waals surface area contributed by atoms with Gasteiger partial charge >= 0.3 is 0 Å². The third kappa shape index (κ3) is 2.98. The first-order chi connectivity index (χ1) is 7.83. The molecular weight excluding hydrogens is 198 g/mol. The monoisotopic (exact) mass is 225 g/mol. The fraction of sp³-hybridized carbons (Fsp3) is 1.00. The minimum atomic E-state index is 0.324. The van der Waals surface area contributed by atoms with Gasteiger partial charge in [-0.15, -0.1) is 0 Å². The van der Waals surface area contributed by atoms with Crippen LogP contribution in [0.4, 0.5) is 0 Å². The van der Waals surface area contributed by atoms with Gasteiger partial charge < -0.3 is 10.0 Å². The van der Waals surface area contributed by atoms with Gasteiger partial charge in [-0.2, -0.15) is 0 Å². The van der Waals surface area contributed by atoms with Gasteiger partial charge in [-0.1, -0.05) is 19.8 Å². The Bertz CT molecular complexity index is 207. The summed E-state index contributed by atoms with van der Waals surface area (Å²) >= 11 is 0. The molecular formula is C14H27NO. The lowest BCUT2D eigenvalue weighted by Crippen LogP contribution is -2.34. The van der Waals surface area contributed by atoms with E-state index in [4.69, 9.17) is 5.11 Å². The molecule has 2 aliphatic carbocycles. The standard InChI is InChI=1S/C14H27NO/c1-2-3-6-15(7-8-16)11-14-10-12-4-5-13(14)9-12/h12-14,16H,2-11H2,1H3. The van der Waals surface area contributed by atoms with Crippen LogP contribution in [-0.2, 0) is 0 Å². The number of aliphatic hydroxyl groups excluding tert-OH is 1. The highest BCUT2D eigenvalue weighted by atomic mass is 16.3. The lowest BCUT2D eigenvalue weighted by atomic mass is 9.88. The Morgan fingerprint density at radius 2 is 2.06 bits per heavy atom. The van der Waals surface area contributed by atoms with E-state index in [1.54, 1.807) is 0 Å². The summed E-state index contributed by atoms with van der Waals surface area (Å²) in [5.41, 5.74) is 0. The van der Waals surface area contributed by atoms with Crippen molar-refractivity contribution in [1.82, 2.24) is 4.90 Å². The minimum absolute atomic E-state index is 0.324. The topological polar surface area (TPSA) is 23.5 Å². The van der Waals surface area contributed by atoms with E-state index in [9.17, 15) is 0 Å². The van der Waals surface area contributed by atoms with Crippen LogP contribution in [0, 0.1) is 17.8 Å². The molecule has 2 rings (SSSR count). The average molecular weight is 225 g/mol. The molecule has 0 aliphatic heterocycles. The zero-order valence-corrected chi connectivity index (χ0v) is 10.7. The van der Waals surface area contributed by atoms with Gasteiger partial charge in [-0.3, -0.25) is 0 Å². The number of nitrogens with zero attached hydrogens (tertiary/aromatic N) is 1. The third-order valence-corrected chi connectivity index (χ3v) is 4.62. The quantitative estimate of drug-likeness (QED) is 0.719. The second kappa shape index (κ2) is 6.02. The van der Waals surface area contributed by atoms with Gasteiger partial charge in [0, 0.05) is 13.1 Å². The van der Waals surface area contributed by atoms with Crippen LogP contribution in [0.2, 0.25) is 0 Å². The van der Waals surface area contributed by atoms with Gasteiger partial charge in [0.1, 0.15) is 0 Å². The molecule has 2 saturated carbocycles. The van der Waals surface area contributed by atoms with Gasteiger partial charge in [0.05, 0.1) is 6.61 Å². The van der Waals surface area contributed by atoms with Crippen molar-refractivity contribution in [1.29, 1.82) is 0 Å². The molecule has 3 unspecified atom stereocenters. The van der Waals surface area contributed by atoms with Crippen LogP contribution >= 0.6 is 0 Å². The molecule has 0 aromatic carbocycles. The lowest BCUT2D eigenvalue weighted by molar-refractivity contribution is 0.152. The van der Waals surface area contributed by atoms with Crippen molar-refractivity contribution in [3.8, 4) is 0 Å². The maximum Gasteiger partial charge on any atom is 0.0558 e. The van der Waals surface area contributed by atoms with Crippen LogP contribution in [0.3, 0.4) is 0 Å². The van der Waals surface area contributed by atoms with E-state index < -0.39 is 0 Å². The van der Waals surface area contributed by atoms with Crippen molar-refractivity contribution >= 4 is 0 Å². The second-order valence-corrected chi connectivity index (χ2v) is 5.81. The summed E-state index contributed by atoms with van der Waals surface area (Å²) in [6, 6.07) is 0. The number of aliphatic hydroxyl groups is 1. The van der Waals surface area contributed by atoms with Gasteiger partial charge in [-0.25, -0.2) is 0 Å². The number of fused-ring (bicyclic) bond motifs is 2. The molecule has 0 spiro atoms. The van der Waals surface area contributed by atoms with E-state index in [2.05, 4.69) is 11.8 Å². The van der Waals surface area contributed by atoms with E-state index >= 15 is 0 Å². The van der Waals surface area contributed by atoms with Crippen LogP contribution in [-0.4, -0.2) is 36.2 Å². The first-order valence-corrected chi connectivity index (χ1v) is 7.16. The summed E-state index contributed by atoms with van der Waals surface area (Å²) < 4.78 is 0. The van der Waals surface area contributed by atoms with Crippen LogP contribution < -0.4 is 0 Å². The minimum Gasteiger partial charge on any atom is -0.395 e.